The highest BCUT2D eigenvalue weighted by Crippen LogP contribution is 2.25. The number of amides is 1. The first-order valence-electron chi connectivity index (χ1n) is 6.95. The molecule has 0 spiro atoms. The Balaban J connectivity index is 1.55. The molecule has 1 N–H and O–H groups in total. The van der Waals surface area contributed by atoms with Crippen molar-refractivity contribution < 1.29 is 23.1 Å². The van der Waals surface area contributed by atoms with Crippen molar-refractivity contribution in [2.75, 3.05) is 11.9 Å². The lowest BCUT2D eigenvalue weighted by Gasteiger charge is -2.02. The van der Waals surface area contributed by atoms with Crippen molar-refractivity contribution in [3.63, 3.8) is 0 Å². The number of thiazole rings is 1. The normalized spacial score (nSPS) is 10.5. The Morgan fingerprint density at radius 2 is 2.00 bits per heavy atom. The number of benzene rings is 1. The van der Waals surface area contributed by atoms with Gasteiger partial charge in [-0.15, -0.1) is 11.3 Å². The molecule has 9 heteroatoms. The third-order valence-electron chi connectivity index (χ3n) is 3.00. The van der Waals surface area contributed by atoms with Crippen LogP contribution in [0.1, 0.15) is 10.6 Å². The zero-order valence-electron chi connectivity index (χ0n) is 12.5. The van der Waals surface area contributed by atoms with E-state index in [-0.39, 0.29) is 11.6 Å². The second kappa shape index (κ2) is 7.58. The smallest absolute Gasteiger partial charge is 0.374 e. The first-order chi connectivity index (χ1) is 12.0. The second-order valence-electron chi connectivity index (χ2n) is 4.77. The van der Waals surface area contributed by atoms with E-state index >= 15 is 0 Å². The molecule has 25 heavy (non-hydrogen) atoms. The Morgan fingerprint density at radius 3 is 2.68 bits per heavy atom. The third-order valence-corrected chi connectivity index (χ3v) is 4.18. The minimum Gasteiger partial charge on any atom is -0.450 e. The van der Waals surface area contributed by atoms with Crippen LogP contribution in [0.15, 0.2) is 50.9 Å². The van der Waals surface area contributed by atoms with E-state index in [2.05, 4.69) is 26.2 Å². The summed E-state index contributed by atoms with van der Waals surface area (Å²) in [6.45, 7) is -0.470. The molecule has 0 aliphatic carbocycles. The molecule has 0 aliphatic rings. The number of aromatic nitrogens is 1. The number of hydrogen-bond donors (Lipinski definition) is 1. The summed E-state index contributed by atoms with van der Waals surface area (Å²) in [5.74, 6) is -1.61. The number of anilines is 1. The molecular weight excluding hydrogens is 415 g/mol. The largest absolute Gasteiger partial charge is 0.450 e. The summed E-state index contributed by atoms with van der Waals surface area (Å²) in [6, 6.07) is 8.83. The van der Waals surface area contributed by atoms with Gasteiger partial charge in [0.2, 0.25) is 5.76 Å². The van der Waals surface area contributed by atoms with E-state index in [0.29, 0.717) is 15.5 Å². The van der Waals surface area contributed by atoms with Gasteiger partial charge in [-0.2, -0.15) is 0 Å². The first-order valence-corrected chi connectivity index (χ1v) is 8.62. The van der Waals surface area contributed by atoms with Crippen molar-refractivity contribution in [2.45, 2.75) is 0 Å². The Morgan fingerprint density at radius 1 is 1.24 bits per heavy atom. The molecule has 6 nitrogen and oxygen atoms in total. The second-order valence-corrected chi connectivity index (χ2v) is 6.41. The fraction of sp³-hybridized carbons (Fsp3) is 0.0625. The van der Waals surface area contributed by atoms with Gasteiger partial charge in [-0.1, -0.05) is 0 Å². The Hall–Kier alpha value is -2.52. The van der Waals surface area contributed by atoms with Crippen LogP contribution < -0.4 is 5.32 Å². The van der Waals surface area contributed by atoms with Gasteiger partial charge in [0.15, 0.2) is 16.4 Å². The molecule has 3 aromatic rings. The van der Waals surface area contributed by atoms with Crippen LogP contribution >= 0.6 is 27.3 Å². The summed E-state index contributed by atoms with van der Waals surface area (Å²) in [5, 5.41) is 4.61. The van der Waals surface area contributed by atoms with Crippen molar-refractivity contribution in [1.82, 2.24) is 4.98 Å². The van der Waals surface area contributed by atoms with Crippen LogP contribution in [0.5, 0.6) is 0 Å². The predicted molar refractivity (Wildman–Crippen MR) is 92.8 cm³/mol. The van der Waals surface area contributed by atoms with E-state index in [1.165, 1.54) is 29.5 Å². The fourth-order valence-corrected chi connectivity index (χ4v) is 2.91. The number of carbonyl (C=O) groups is 2. The van der Waals surface area contributed by atoms with Crippen LogP contribution in [-0.4, -0.2) is 23.5 Å². The minimum absolute atomic E-state index is 0.00693. The number of rotatable bonds is 5. The Kier molecular flexibility index (Phi) is 5.25. The predicted octanol–water partition coefficient (Wildman–Crippen LogP) is 4.10. The molecule has 0 fully saturated rings. The van der Waals surface area contributed by atoms with Gasteiger partial charge in [0.1, 0.15) is 5.82 Å². The van der Waals surface area contributed by atoms with Crippen molar-refractivity contribution in [1.29, 1.82) is 0 Å². The molecule has 0 aliphatic heterocycles. The number of nitrogens with one attached hydrogen (secondary N) is 1. The maximum Gasteiger partial charge on any atom is 0.374 e. The van der Waals surface area contributed by atoms with Gasteiger partial charge in [-0.05, 0) is 52.3 Å². The summed E-state index contributed by atoms with van der Waals surface area (Å²) < 4.78 is 23.2. The maximum atomic E-state index is 12.9. The van der Waals surface area contributed by atoms with E-state index in [9.17, 15) is 14.0 Å². The highest BCUT2D eigenvalue weighted by Gasteiger charge is 2.15. The summed E-state index contributed by atoms with van der Waals surface area (Å²) >= 11 is 4.28. The lowest BCUT2D eigenvalue weighted by Crippen LogP contribution is -2.20. The fourth-order valence-electron chi connectivity index (χ4n) is 1.87. The number of ether oxygens (including phenoxy) is 1. The zero-order valence-corrected chi connectivity index (χ0v) is 14.9. The van der Waals surface area contributed by atoms with Gasteiger partial charge < -0.3 is 9.15 Å². The van der Waals surface area contributed by atoms with Gasteiger partial charge in [0, 0.05) is 10.9 Å². The molecule has 0 saturated heterocycles. The SMILES string of the molecule is O=C(COC(=O)c1ccc(Br)o1)Nc1nc(-c2ccc(F)cc2)cs1. The summed E-state index contributed by atoms with van der Waals surface area (Å²) in [4.78, 5) is 27.7. The molecule has 1 aromatic carbocycles. The van der Waals surface area contributed by atoms with Crippen LogP contribution in [0.25, 0.3) is 11.3 Å². The maximum absolute atomic E-state index is 12.9. The molecule has 1 amide bonds. The lowest BCUT2D eigenvalue weighted by molar-refractivity contribution is -0.119. The third kappa shape index (κ3) is 4.52. The van der Waals surface area contributed by atoms with Crippen LogP contribution in [0, 0.1) is 5.82 Å². The highest BCUT2D eigenvalue weighted by atomic mass is 79.9. The summed E-state index contributed by atoms with van der Waals surface area (Å²) in [6.07, 6.45) is 0. The van der Waals surface area contributed by atoms with Crippen LogP contribution in [0.3, 0.4) is 0 Å². The quantitative estimate of drug-likeness (QED) is 0.623. The molecule has 0 bridgehead atoms. The number of esters is 1. The summed E-state index contributed by atoms with van der Waals surface area (Å²) in [7, 11) is 0. The topological polar surface area (TPSA) is 81.4 Å². The number of carbonyl (C=O) groups excluding carboxylic acids is 2. The van der Waals surface area contributed by atoms with Crippen molar-refractivity contribution in [2.24, 2.45) is 0 Å². The van der Waals surface area contributed by atoms with E-state index in [4.69, 9.17) is 9.15 Å². The van der Waals surface area contributed by atoms with Gasteiger partial charge in [-0.3, -0.25) is 10.1 Å². The van der Waals surface area contributed by atoms with Crippen LogP contribution in [0.2, 0.25) is 0 Å². The van der Waals surface area contributed by atoms with Crippen molar-refractivity contribution in [3.8, 4) is 11.3 Å². The first kappa shape index (κ1) is 17.3. The van der Waals surface area contributed by atoms with E-state index < -0.39 is 18.5 Å². The molecule has 0 saturated carbocycles. The average Bonchev–Trinajstić information content (AvgIpc) is 3.22. The molecule has 128 valence electrons. The van der Waals surface area contributed by atoms with Gasteiger partial charge >= 0.3 is 5.97 Å². The van der Waals surface area contributed by atoms with E-state index in [0.717, 1.165) is 5.56 Å². The number of furan rings is 1. The van der Waals surface area contributed by atoms with Crippen molar-refractivity contribution >= 4 is 44.3 Å². The van der Waals surface area contributed by atoms with Crippen LogP contribution in [-0.2, 0) is 9.53 Å². The standard InChI is InChI=1S/C16H10BrFN2O4S/c17-13-6-5-12(24-13)15(22)23-7-14(21)20-16-19-11(8-25-16)9-1-3-10(18)4-2-9/h1-6,8H,7H2,(H,19,20,21). The molecule has 3 rings (SSSR count). The number of nitrogens with zero attached hydrogens (tertiary/aromatic N) is 1. The lowest BCUT2D eigenvalue weighted by atomic mass is 10.2. The molecule has 2 aromatic heterocycles. The summed E-state index contributed by atoms with van der Waals surface area (Å²) in [5.41, 5.74) is 1.34. The molecule has 2 heterocycles. The Labute approximate surface area is 153 Å². The molecule has 0 radical (unpaired) electrons. The number of halogens is 2. The van der Waals surface area contributed by atoms with E-state index in [1.54, 1.807) is 23.6 Å². The molecule has 0 atom stereocenters. The monoisotopic (exact) mass is 424 g/mol. The highest BCUT2D eigenvalue weighted by molar-refractivity contribution is 9.10. The van der Waals surface area contributed by atoms with Gasteiger partial charge in [0.25, 0.3) is 5.91 Å². The van der Waals surface area contributed by atoms with Crippen molar-refractivity contribution in [3.05, 3.63) is 58.0 Å². The molecule has 0 unspecified atom stereocenters. The van der Waals surface area contributed by atoms with E-state index in [1.807, 2.05) is 0 Å². The van der Waals surface area contributed by atoms with Crippen LogP contribution in [0.4, 0.5) is 9.52 Å². The Bertz CT molecular complexity index is 907. The zero-order chi connectivity index (χ0) is 17.8. The average molecular weight is 425 g/mol. The number of hydrogen-bond acceptors (Lipinski definition) is 6. The molecular formula is C16H10BrFN2O4S. The van der Waals surface area contributed by atoms with Gasteiger partial charge in [-0.25, -0.2) is 14.2 Å². The van der Waals surface area contributed by atoms with Gasteiger partial charge in [0.05, 0.1) is 5.69 Å². The minimum atomic E-state index is -0.744.